The van der Waals surface area contributed by atoms with Crippen LogP contribution >= 0.6 is 0 Å². The maximum absolute atomic E-state index is 11.7. The molecule has 5 nitrogen and oxygen atoms in total. The molecule has 92 valence electrons. The van der Waals surface area contributed by atoms with Crippen LogP contribution in [0.5, 0.6) is 0 Å². The first-order valence-corrected chi connectivity index (χ1v) is 5.87. The average Bonchev–Trinajstić information content (AvgIpc) is 2.89. The van der Waals surface area contributed by atoms with Crippen molar-refractivity contribution in [2.45, 2.75) is 25.8 Å². The number of amides is 2. The second-order valence-corrected chi connectivity index (χ2v) is 4.11. The highest BCUT2D eigenvalue weighted by Gasteiger charge is 2.22. The Kier molecular flexibility index (Phi) is 3.80. The molecule has 5 heteroatoms. The first-order chi connectivity index (χ1) is 8.27. The van der Waals surface area contributed by atoms with Gasteiger partial charge < -0.3 is 14.6 Å². The highest BCUT2D eigenvalue weighted by molar-refractivity contribution is 6.34. The molecule has 2 rings (SSSR count). The Balaban J connectivity index is 1.80. The van der Waals surface area contributed by atoms with Gasteiger partial charge in [0.15, 0.2) is 0 Å². The Labute approximate surface area is 99.8 Å². The Morgan fingerprint density at radius 1 is 1.29 bits per heavy atom. The number of nitrogens with zero attached hydrogens (tertiary/aromatic N) is 1. The van der Waals surface area contributed by atoms with Crippen LogP contribution in [0.2, 0.25) is 0 Å². The molecule has 1 N–H and O–H groups in total. The summed E-state index contributed by atoms with van der Waals surface area (Å²) in [5.74, 6) is -0.343. The minimum atomic E-state index is -0.552. The van der Waals surface area contributed by atoms with Crippen LogP contribution in [-0.2, 0) is 16.1 Å². The van der Waals surface area contributed by atoms with Crippen LogP contribution in [-0.4, -0.2) is 29.8 Å². The summed E-state index contributed by atoms with van der Waals surface area (Å²) in [7, 11) is 0. The third-order valence-corrected chi connectivity index (χ3v) is 2.84. The van der Waals surface area contributed by atoms with Gasteiger partial charge in [-0.05, 0) is 31.4 Å². The van der Waals surface area contributed by atoms with E-state index in [9.17, 15) is 9.59 Å². The molecule has 0 unspecified atom stereocenters. The van der Waals surface area contributed by atoms with Crippen molar-refractivity contribution in [3.8, 4) is 0 Å². The summed E-state index contributed by atoms with van der Waals surface area (Å²) < 4.78 is 5.07. The molecule has 2 heterocycles. The number of hydrogen-bond donors (Lipinski definition) is 1. The lowest BCUT2D eigenvalue weighted by molar-refractivity contribution is -0.146. The molecule has 0 saturated carbocycles. The zero-order valence-corrected chi connectivity index (χ0v) is 9.65. The van der Waals surface area contributed by atoms with Crippen LogP contribution < -0.4 is 5.32 Å². The lowest BCUT2D eigenvalue weighted by Crippen LogP contribution is -2.44. The predicted molar refractivity (Wildman–Crippen MR) is 61.0 cm³/mol. The van der Waals surface area contributed by atoms with Gasteiger partial charge >= 0.3 is 11.8 Å². The molecule has 0 aliphatic carbocycles. The number of carbonyl (C=O) groups is 2. The van der Waals surface area contributed by atoms with E-state index < -0.39 is 11.8 Å². The second kappa shape index (κ2) is 5.52. The summed E-state index contributed by atoms with van der Waals surface area (Å²) in [6.07, 6.45) is 4.64. The zero-order valence-electron chi connectivity index (χ0n) is 9.65. The van der Waals surface area contributed by atoms with E-state index in [2.05, 4.69) is 5.32 Å². The molecule has 1 saturated heterocycles. The summed E-state index contributed by atoms with van der Waals surface area (Å²) in [5, 5.41) is 2.56. The highest BCUT2D eigenvalue weighted by Crippen LogP contribution is 2.08. The molecule has 0 radical (unpaired) electrons. The van der Waals surface area contributed by atoms with Crippen molar-refractivity contribution in [3.05, 3.63) is 24.2 Å². The van der Waals surface area contributed by atoms with Gasteiger partial charge in [0.05, 0.1) is 12.8 Å². The van der Waals surface area contributed by atoms with E-state index in [0.29, 0.717) is 18.8 Å². The van der Waals surface area contributed by atoms with Crippen molar-refractivity contribution in [2.75, 3.05) is 13.1 Å². The van der Waals surface area contributed by atoms with Crippen LogP contribution in [0, 0.1) is 0 Å². The molecule has 1 aromatic heterocycles. The maximum Gasteiger partial charge on any atom is 0.311 e. The van der Waals surface area contributed by atoms with E-state index >= 15 is 0 Å². The fraction of sp³-hybridized carbons (Fsp3) is 0.500. The fourth-order valence-electron chi connectivity index (χ4n) is 1.90. The minimum Gasteiger partial charge on any atom is -0.467 e. The van der Waals surface area contributed by atoms with Crippen molar-refractivity contribution in [2.24, 2.45) is 0 Å². The first kappa shape index (κ1) is 11.7. The Bertz CT molecular complexity index is 380. The van der Waals surface area contributed by atoms with Gasteiger partial charge in [0.2, 0.25) is 0 Å². The van der Waals surface area contributed by atoms with Crippen LogP contribution in [0.15, 0.2) is 22.8 Å². The van der Waals surface area contributed by atoms with E-state index in [4.69, 9.17) is 4.42 Å². The minimum absolute atomic E-state index is 0.255. The van der Waals surface area contributed by atoms with E-state index in [0.717, 1.165) is 19.3 Å². The topological polar surface area (TPSA) is 62.6 Å². The predicted octanol–water partition coefficient (Wildman–Crippen LogP) is 0.908. The molecule has 1 aliphatic heterocycles. The quantitative estimate of drug-likeness (QED) is 0.776. The number of furan rings is 1. The van der Waals surface area contributed by atoms with Crippen molar-refractivity contribution >= 4 is 11.8 Å². The van der Waals surface area contributed by atoms with Gasteiger partial charge in [0, 0.05) is 13.1 Å². The summed E-state index contributed by atoms with van der Waals surface area (Å²) in [6.45, 7) is 1.63. The van der Waals surface area contributed by atoms with Gasteiger partial charge in [-0.1, -0.05) is 0 Å². The number of rotatable bonds is 2. The van der Waals surface area contributed by atoms with Crippen LogP contribution in [0.1, 0.15) is 25.0 Å². The van der Waals surface area contributed by atoms with E-state index in [1.165, 1.54) is 6.26 Å². The largest absolute Gasteiger partial charge is 0.467 e. The standard InChI is InChI=1S/C12H16N2O3/c15-11(13-9-10-5-4-8-17-10)12(16)14-6-2-1-3-7-14/h4-5,8H,1-3,6-7,9H2,(H,13,15). The van der Waals surface area contributed by atoms with Gasteiger partial charge in [-0.25, -0.2) is 0 Å². The van der Waals surface area contributed by atoms with Crippen molar-refractivity contribution in [1.82, 2.24) is 10.2 Å². The number of nitrogens with one attached hydrogen (secondary N) is 1. The van der Waals surface area contributed by atoms with Crippen LogP contribution in [0.3, 0.4) is 0 Å². The molecule has 1 aliphatic rings. The highest BCUT2D eigenvalue weighted by atomic mass is 16.3. The molecular weight excluding hydrogens is 220 g/mol. The van der Waals surface area contributed by atoms with Gasteiger partial charge in [0.25, 0.3) is 0 Å². The van der Waals surface area contributed by atoms with Gasteiger partial charge in [-0.15, -0.1) is 0 Å². The third-order valence-electron chi connectivity index (χ3n) is 2.84. The summed E-state index contributed by atoms with van der Waals surface area (Å²) in [4.78, 5) is 24.9. The SMILES string of the molecule is O=C(NCc1ccco1)C(=O)N1CCCCC1. The lowest BCUT2D eigenvalue weighted by Gasteiger charge is -2.25. The smallest absolute Gasteiger partial charge is 0.311 e. The summed E-state index contributed by atoms with van der Waals surface area (Å²) >= 11 is 0. The van der Waals surface area contributed by atoms with Gasteiger partial charge in [0.1, 0.15) is 5.76 Å². The number of likely N-dealkylation sites (tertiary alicyclic amines) is 1. The van der Waals surface area contributed by atoms with E-state index in [1.807, 2.05) is 0 Å². The third kappa shape index (κ3) is 3.09. The molecule has 0 bridgehead atoms. The van der Waals surface area contributed by atoms with Crippen LogP contribution in [0.25, 0.3) is 0 Å². The van der Waals surface area contributed by atoms with Gasteiger partial charge in [-0.3, -0.25) is 9.59 Å². The average molecular weight is 236 g/mol. The second-order valence-electron chi connectivity index (χ2n) is 4.11. The molecule has 0 spiro atoms. The van der Waals surface area contributed by atoms with Crippen molar-refractivity contribution < 1.29 is 14.0 Å². The van der Waals surface area contributed by atoms with Gasteiger partial charge in [-0.2, -0.15) is 0 Å². The number of carbonyl (C=O) groups excluding carboxylic acids is 2. The molecule has 1 fully saturated rings. The fourth-order valence-corrected chi connectivity index (χ4v) is 1.90. The Morgan fingerprint density at radius 2 is 2.06 bits per heavy atom. The van der Waals surface area contributed by atoms with Crippen molar-refractivity contribution in [3.63, 3.8) is 0 Å². The maximum atomic E-state index is 11.7. The molecule has 2 amide bonds. The summed E-state index contributed by atoms with van der Waals surface area (Å²) in [5.41, 5.74) is 0. The summed E-state index contributed by atoms with van der Waals surface area (Å²) in [6, 6.07) is 3.50. The molecule has 1 aromatic rings. The lowest BCUT2D eigenvalue weighted by atomic mass is 10.1. The van der Waals surface area contributed by atoms with E-state index in [-0.39, 0.29) is 6.54 Å². The normalized spacial score (nSPS) is 15.6. The van der Waals surface area contributed by atoms with Crippen molar-refractivity contribution in [1.29, 1.82) is 0 Å². The Morgan fingerprint density at radius 3 is 2.71 bits per heavy atom. The molecule has 0 atom stereocenters. The molecule has 0 aromatic carbocycles. The first-order valence-electron chi connectivity index (χ1n) is 5.87. The van der Waals surface area contributed by atoms with E-state index in [1.54, 1.807) is 17.0 Å². The van der Waals surface area contributed by atoms with Crippen LogP contribution in [0.4, 0.5) is 0 Å². The molecule has 17 heavy (non-hydrogen) atoms. The number of piperidine rings is 1. The molecular formula is C12H16N2O3. The zero-order chi connectivity index (χ0) is 12.1. The number of hydrogen-bond acceptors (Lipinski definition) is 3. The monoisotopic (exact) mass is 236 g/mol. The Hall–Kier alpha value is -1.78.